The van der Waals surface area contributed by atoms with E-state index in [4.69, 9.17) is 5.26 Å². The van der Waals surface area contributed by atoms with Crippen LogP contribution in [0.25, 0.3) is 0 Å². The number of anilines is 1. The lowest BCUT2D eigenvalue weighted by Gasteiger charge is -2.15. The van der Waals surface area contributed by atoms with Gasteiger partial charge < -0.3 is 15.7 Å². The van der Waals surface area contributed by atoms with Gasteiger partial charge >= 0.3 is 6.03 Å². The Morgan fingerprint density at radius 3 is 2.65 bits per heavy atom. The summed E-state index contributed by atoms with van der Waals surface area (Å²) in [5.74, 6) is 0. The van der Waals surface area contributed by atoms with Crippen LogP contribution in [-0.4, -0.2) is 17.7 Å². The number of benzene rings is 2. The largest absolute Gasteiger partial charge is 0.387 e. The van der Waals surface area contributed by atoms with Gasteiger partial charge in [0.25, 0.3) is 0 Å². The Hall–Kier alpha value is -2.84. The SMILES string of the molecule is Cc1ccc(C#N)cc1NC(=O)NCC(O)c1ccccc1C. The molecule has 0 bridgehead atoms. The lowest BCUT2D eigenvalue weighted by molar-refractivity contribution is 0.174. The Morgan fingerprint density at radius 2 is 1.96 bits per heavy atom. The van der Waals surface area contributed by atoms with E-state index in [0.29, 0.717) is 11.3 Å². The van der Waals surface area contributed by atoms with Crippen molar-refractivity contribution in [1.29, 1.82) is 5.26 Å². The number of urea groups is 1. The number of nitrogens with one attached hydrogen (secondary N) is 2. The fourth-order valence-corrected chi connectivity index (χ4v) is 2.25. The summed E-state index contributed by atoms with van der Waals surface area (Å²) in [5, 5.41) is 24.4. The number of amides is 2. The van der Waals surface area contributed by atoms with Crippen molar-refractivity contribution < 1.29 is 9.90 Å². The van der Waals surface area contributed by atoms with Gasteiger partial charge in [0.15, 0.2) is 0 Å². The maximum Gasteiger partial charge on any atom is 0.319 e. The highest BCUT2D eigenvalue weighted by atomic mass is 16.3. The molecule has 2 aromatic rings. The van der Waals surface area contributed by atoms with Crippen LogP contribution in [0.5, 0.6) is 0 Å². The Morgan fingerprint density at radius 1 is 1.22 bits per heavy atom. The second-order valence-corrected chi connectivity index (χ2v) is 5.35. The first-order chi connectivity index (χ1) is 11.0. The zero-order valence-electron chi connectivity index (χ0n) is 13.1. The predicted octanol–water partition coefficient (Wildman–Crippen LogP) is 3.03. The monoisotopic (exact) mass is 309 g/mol. The van der Waals surface area contributed by atoms with Crippen molar-refractivity contribution in [3.8, 4) is 6.07 Å². The number of nitriles is 1. The summed E-state index contributed by atoms with van der Waals surface area (Å²) in [7, 11) is 0. The van der Waals surface area contributed by atoms with Gasteiger partial charge in [-0.15, -0.1) is 0 Å². The number of rotatable bonds is 4. The molecular weight excluding hydrogens is 290 g/mol. The number of aliphatic hydroxyl groups is 1. The minimum absolute atomic E-state index is 0.105. The first-order valence-corrected chi connectivity index (χ1v) is 7.30. The number of carbonyl (C=O) groups excluding carboxylic acids is 1. The second-order valence-electron chi connectivity index (χ2n) is 5.35. The molecule has 0 spiro atoms. The zero-order valence-corrected chi connectivity index (χ0v) is 13.1. The van der Waals surface area contributed by atoms with Gasteiger partial charge in [-0.3, -0.25) is 0 Å². The van der Waals surface area contributed by atoms with E-state index in [0.717, 1.165) is 16.7 Å². The van der Waals surface area contributed by atoms with Crippen molar-refractivity contribution in [2.45, 2.75) is 20.0 Å². The minimum Gasteiger partial charge on any atom is -0.387 e. The molecule has 23 heavy (non-hydrogen) atoms. The highest BCUT2D eigenvalue weighted by Crippen LogP contribution is 2.18. The van der Waals surface area contributed by atoms with E-state index >= 15 is 0 Å². The molecule has 0 aromatic heterocycles. The van der Waals surface area contributed by atoms with Crippen LogP contribution in [0, 0.1) is 25.2 Å². The summed E-state index contributed by atoms with van der Waals surface area (Å²) < 4.78 is 0. The molecule has 2 rings (SSSR count). The molecule has 0 heterocycles. The van der Waals surface area contributed by atoms with Crippen LogP contribution < -0.4 is 10.6 Å². The summed E-state index contributed by atoms with van der Waals surface area (Å²) >= 11 is 0. The van der Waals surface area contributed by atoms with Gasteiger partial charge in [0.1, 0.15) is 0 Å². The van der Waals surface area contributed by atoms with Crippen LogP contribution in [0.1, 0.15) is 28.4 Å². The van der Waals surface area contributed by atoms with Gasteiger partial charge in [-0.2, -0.15) is 5.26 Å². The summed E-state index contributed by atoms with van der Waals surface area (Å²) in [6.07, 6.45) is -0.770. The molecule has 5 nitrogen and oxygen atoms in total. The smallest absolute Gasteiger partial charge is 0.319 e. The Balaban J connectivity index is 1.96. The maximum absolute atomic E-state index is 12.0. The van der Waals surface area contributed by atoms with Crippen LogP contribution in [0.2, 0.25) is 0 Å². The molecule has 5 heteroatoms. The second kappa shape index (κ2) is 7.43. The molecule has 0 aliphatic rings. The Kier molecular flexibility index (Phi) is 5.34. The van der Waals surface area contributed by atoms with E-state index in [1.165, 1.54) is 0 Å². The van der Waals surface area contributed by atoms with E-state index in [1.807, 2.05) is 44.2 Å². The summed E-state index contributed by atoms with van der Waals surface area (Å²) in [5.41, 5.74) is 3.67. The van der Waals surface area contributed by atoms with Crippen LogP contribution in [-0.2, 0) is 0 Å². The van der Waals surface area contributed by atoms with Gasteiger partial charge in [0.05, 0.1) is 17.7 Å². The van der Waals surface area contributed by atoms with Gasteiger partial charge in [0.2, 0.25) is 0 Å². The van der Waals surface area contributed by atoms with E-state index < -0.39 is 12.1 Å². The number of aryl methyl sites for hydroxylation is 2. The van der Waals surface area contributed by atoms with Crippen molar-refractivity contribution in [1.82, 2.24) is 5.32 Å². The number of nitrogens with zero attached hydrogens (tertiary/aromatic N) is 1. The van der Waals surface area contributed by atoms with E-state index in [1.54, 1.807) is 18.2 Å². The first kappa shape index (κ1) is 16.5. The molecule has 0 radical (unpaired) electrons. The lowest BCUT2D eigenvalue weighted by Crippen LogP contribution is -2.32. The van der Waals surface area contributed by atoms with Gasteiger partial charge in [-0.05, 0) is 42.7 Å². The third-order valence-electron chi connectivity index (χ3n) is 3.62. The third-order valence-corrected chi connectivity index (χ3v) is 3.62. The van der Waals surface area contributed by atoms with Crippen molar-refractivity contribution in [3.05, 3.63) is 64.7 Å². The van der Waals surface area contributed by atoms with Crippen LogP contribution >= 0.6 is 0 Å². The molecule has 0 saturated carbocycles. The van der Waals surface area contributed by atoms with Crippen molar-refractivity contribution in [3.63, 3.8) is 0 Å². The Labute approximate surface area is 135 Å². The topological polar surface area (TPSA) is 85.2 Å². The summed E-state index contributed by atoms with van der Waals surface area (Å²) in [6.45, 7) is 3.86. The molecule has 3 N–H and O–H groups in total. The molecule has 0 aliphatic heterocycles. The Bertz CT molecular complexity index is 750. The maximum atomic E-state index is 12.0. The molecule has 2 aromatic carbocycles. The molecule has 0 aliphatic carbocycles. The van der Waals surface area contributed by atoms with E-state index in [2.05, 4.69) is 10.6 Å². The van der Waals surface area contributed by atoms with Crippen molar-refractivity contribution >= 4 is 11.7 Å². The average molecular weight is 309 g/mol. The number of carbonyl (C=O) groups is 1. The third kappa shape index (κ3) is 4.31. The van der Waals surface area contributed by atoms with Gasteiger partial charge in [0, 0.05) is 12.2 Å². The number of hydrogen-bond donors (Lipinski definition) is 3. The van der Waals surface area contributed by atoms with E-state index in [9.17, 15) is 9.90 Å². The molecule has 2 amide bonds. The van der Waals surface area contributed by atoms with Crippen molar-refractivity contribution in [2.75, 3.05) is 11.9 Å². The fraction of sp³-hybridized carbons (Fsp3) is 0.222. The van der Waals surface area contributed by atoms with Gasteiger partial charge in [-0.1, -0.05) is 30.3 Å². The van der Waals surface area contributed by atoms with E-state index in [-0.39, 0.29) is 6.54 Å². The summed E-state index contributed by atoms with van der Waals surface area (Å²) in [4.78, 5) is 12.0. The number of aliphatic hydroxyl groups excluding tert-OH is 1. The highest BCUT2D eigenvalue weighted by Gasteiger charge is 2.12. The van der Waals surface area contributed by atoms with Gasteiger partial charge in [-0.25, -0.2) is 4.79 Å². The lowest BCUT2D eigenvalue weighted by atomic mass is 10.0. The van der Waals surface area contributed by atoms with Crippen LogP contribution in [0.4, 0.5) is 10.5 Å². The molecule has 1 atom stereocenters. The van der Waals surface area contributed by atoms with Crippen molar-refractivity contribution in [2.24, 2.45) is 0 Å². The minimum atomic E-state index is -0.770. The zero-order chi connectivity index (χ0) is 16.8. The van der Waals surface area contributed by atoms with Crippen LogP contribution in [0.3, 0.4) is 0 Å². The predicted molar refractivity (Wildman–Crippen MR) is 89.1 cm³/mol. The molecule has 1 unspecified atom stereocenters. The standard InChI is InChI=1S/C18H19N3O2/c1-12-5-3-4-6-15(12)17(22)11-20-18(23)21-16-9-14(10-19)8-7-13(16)2/h3-9,17,22H,11H2,1-2H3,(H2,20,21,23). The first-order valence-electron chi connectivity index (χ1n) is 7.30. The fourth-order valence-electron chi connectivity index (χ4n) is 2.25. The highest BCUT2D eigenvalue weighted by molar-refractivity contribution is 5.90. The van der Waals surface area contributed by atoms with Crippen LogP contribution in [0.15, 0.2) is 42.5 Å². The molecule has 0 fully saturated rings. The normalized spacial score (nSPS) is 11.4. The average Bonchev–Trinajstić information content (AvgIpc) is 2.55. The quantitative estimate of drug-likeness (QED) is 0.811. The molecular formula is C18H19N3O2. The molecule has 0 saturated heterocycles. The number of hydrogen-bond acceptors (Lipinski definition) is 3. The summed E-state index contributed by atoms with van der Waals surface area (Å²) in [6, 6.07) is 14.2. The molecule has 118 valence electrons.